The molecular formula is C22H24N6OS. The predicted molar refractivity (Wildman–Crippen MR) is 119 cm³/mol. The second-order valence-corrected chi connectivity index (χ2v) is 8.89. The molecule has 7 nitrogen and oxygen atoms in total. The molecule has 0 bridgehead atoms. The molecular weight excluding hydrogens is 396 g/mol. The Morgan fingerprint density at radius 1 is 1.07 bits per heavy atom. The summed E-state index contributed by atoms with van der Waals surface area (Å²) < 4.78 is 5.41. The molecule has 1 fully saturated rings. The van der Waals surface area contributed by atoms with Gasteiger partial charge < -0.3 is 9.42 Å². The summed E-state index contributed by atoms with van der Waals surface area (Å²) in [5.74, 6) is 2.78. The van der Waals surface area contributed by atoms with E-state index in [1.165, 1.54) is 10.4 Å². The molecule has 0 spiro atoms. The third-order valence-corrected chi connectivity index (χ3v) is 6.49. The van der Waals surface area contributed by atoms with Crippen molar-refractivity contribution in [1.29, 1.82) is 0 Å². The molecule has 8 heteroatoms. The molecule has 4 heterocycles. The van der Waals surface area contributed by atoms with Crippen molar-refractivity contribution in [3.63, 3.8) is 0 Å². The molecule has 0 saturated carbocycles. The smallest absolute Gasteiger partial charge is 0.240 e. The maximum atomic E-state index is 5.41. The summed E-state index contributed by atoms with van der Waals surface area (Å²) in [6, 6.07) is 12.7. The molecule has 3 aromatic heterocycles. The van der Waals surface area contributed by atoms with E-state index < -0.39 is 0 Å². The van der Waals surface area contributed by atoms with E-state index in [0.29, 0.717) is 12.4 Å². The van der Waals surface area contributed by atoms with E-state index in [-0.39, 0.29) is 5.92 Å². The first-order chi connectivity index (χ1) is 14.7. The van der Waals surface area contributed by atoms with Crippen LogP contribution in [0.3, 0.4) is 0 Å². The number of aromatic nitrogens is 4. The van der Waals surface area contributed by atoms with E-state index in [0.717, 1.165) is 48.0 Å². The molecule has 0 unspecified atom stereocenters. The molecule has 1 aliphatic heterocycles. The van der Waals surface area contributed by atoms with E-state index >= 15 is 0 Å². The van der Waals surface area contributed by atoms with E-state index in [1.54, 1.807) is 17.7 Å². The van der Waals surface area contributed by atoms with Crippen molar-refractivity contribution >= 4 is 27.4 Å². The lowest BCUT2D eigenvalue weighted by Gasteiger charge is -2.34. The maximum absolute atomic E-state index is 5.41. The highest BCUT2D eigenvalue weighted by Gasteiger charge is 2.22. The van der Waals surface area contributed by atoms with Crippen LogP contribution in [0.4, 0.5) is 5.82 Å². The fraction of sp³-hybridized carbons (Fsp3) is 0.364. The van der Waals surface area contributed by atoms with Crippen molar-refractivity contribution in [3.8, 4) is 10.4 Å². The summed E-state index contributed by atoms with van der Waals surface area (Å²) in [6.45, 7) is 8.53. The Hall–Kier alpha value is -2.84. The van der Waals surface area contributed by atoms with Crippen molar-refractivity contribution in [2.75, 3.05) is 31.1 Å². The quantitative estimate of drug-likeness (QED) is 0.479. The van der Waals surface area contributed by atoms with Crippen LogP contribution < -0.4 is 4.90 Å². The largest absolute Gasteiger partial charge is 0.353 e. The first kappa shape index (κ1) is 19.1. The lowest BCUT2D eigenvalue weighted by atomic mass is 10.2. The molecule has 5 rings (SSSR count). The summed E-state index contributed by atoms with van der Waals surface area (Å²) in [4.78, 5) is 20.6. The average molecular weight is 421 g/mol. The van der Waals surface area contributed by atoms with Crippen LogP contribution in [-0.4, -0.2) is 51.2 Å². The SMILES string of the molecule is CC(C)c1noc(CN2CCN(c3ncnc4sc(-c5ccccc5)cc34)CC2)n1. The Balaban J connectivity index is 1.30. The number of hydrogen-bond acceptors (Lipinski definition) is 8. The van der Waals surface area contributed by atoms with Gasteiger partial charge in [-0.25, -0.2) is 9.97 Å². The number of thiophene rings is 1. The van der Waals surface area contributed by atoms with Crippen molar-refractivity contribution in [3.05, 3.63) is 54.4 Å². The third kappa shape index (κ3) is 3.80. The van der Waals surface area contributed by atoms with Gasteiger partial charge in [-0.2, -0.15) is 4.98 Å². The summed E-state index contributed by atoms with van der Waals surface area (Å²) in [5, 5.41) is 5.20. The summed E-state index contributed by atoms with van der Waals surface area (Å²) >= 11 is 1.72. The normalized spacial score (nSPS) is 15.4. The van der Waals surface area contributed by atoms with Gasteiger partial charge >= 0.3 is 0 Å². The van der Waals surface area contributed by atoms with Crippen molar-refractivity contribution in [2.24, 2.45) is 0 Å². The van der Waals surface area contributed by atoms with Gasteiger partial charge in [0.2, 0.25) is 5.89 Å². The minimum Gasteiger partial charge on any atom is -0.353 e. The van der Waals surface area contributed by atoms with Crippen LogP contribution in [0.2, 0.25) is 0 Å². The molecule has 0 aliphatic carbocycles. The Morgan fingerprint density at radius 2 is 1.87 bits per heavy atom. The number of nitrogens with zero attached hydrogens (tertiary/aromatic N) is 6. The van der Waals surface area contributed by atoms with Crippen molar-refractivity contribution < 1.29 is 4.52 Å². The first-order valence-corrected chi connectivity index (χ1v) is 11.1. The highest BCUT2D eigenvalue weighted by atomic mass is 32.1. The van der Waals surface area contributed by atoms with Crippen LogP contribution >= 0.6 is 11.3 Å². The second kappa shape index (κ2) is 8.12. The Bertz CT molecular complexity index is 1130. The van der Waals surface area contributed by atoms with Crippen LogP contribution in [0.1, 0.15) is 31.5 Å². The zero-order chi connectivity index (χ0) is 20.5. The van der Waals surface area contributed by atoms with Crippen LogP contribution in [0.15, 0.2) is 47.2 Å². The van der Waals surface area contributed by atoms with E-state index in [2.05, 4.69) is 74.1 Å². The van der Waals surface area contributed by atoms with Gasteiger partial charge in [0, 0.05) is 37.0 Å². The Morgan fingerprint density at radius 3 is 2.60 bits per heavy atom. The van der Waals surface area contributed by atoms with Crippen molar-refractivity contribution in [1.82, 2.24) is 25.0 Å². The molecule has 0 amide bonds. The predicted octanol–water partition coefficient (Wildman–Crippen LogP) is 4.19. The molecule has 0 radical (unpaired) electrons. The maximum Gasteiger partial charge on any atom is 0.240 e. The number of hydrogen-bond donors (Lipinski definition) is 0. The molecule has 1 aromatic carbocycles. The van der Waals surface area contributed by atoms with Gasteiger partial charge in [0.25, 0.3) is 0 Å². The number of fused-ring (bicyclic) bond motifs is 1. The van der Waals surface area contributed by atoms with Crippen LogP contribution in [0, 0.1) is 0 Å². The highest BCUT2D eigenvalue weighted by molar-refractivity contribution is 7.21. The molecule has 154 valence electrons. The lowest BCUT2D eigenvalue weighted by molar-refractivity contribution is 0.215. The lowest BCUT2D eigenvalue weighted by Crippen LogP contribution is -2.46. The van der Waals surface area contributed by atoms with Crippen molar-refractivity contribution in [2.45, 2.75) is 26.3 Å². The molecule has 0 atom stereocenters. The monoisotopic (exact) mass is 420 g/mol. The highest BCUT2D eigenvalue weighted by Crippen LogP contribution is 2.36. The fourth-order valence-corrected chi connectivity index (χ4v) is 4.71. The zero-order valence-corrected chi connectivity index (χ0v) is 18.0. The summed E-state index contributed by atoms with van der Waals surface area (Å²) in [5.41, 5.74) is 1.22. The number of benzene rings is 1. The van der Waals surface area contributed by atoms with E-state index in [9.17, 15) is 0 Å². The van der Waals surface area contributed by atoms with Crippen LogP contribution in [0.25, 0.3) is 20.7 Å². The Labute approximate surface area is 179 Å². The van der Waals surface area contributed by atoms with E-state index in [1.807, 2.05) is 6.07 Å². The van der Waals surface area contributed by atoms with Gasteiger partial charge in [-0.3, -0.25) is 4.90 Å². The average Bonchev–Trinajstić information content (AvgIpc) is 3.42. The molecule has 4 aromatic rings. The molecule has 0 N–H and O–H groups in total. The minimum absolute atomic E-state index is 0.283. The first-order valence-electron chi connectivity index (χ1n) is 10.3. The fourth-order valence-electron chi connectivity index (χ4n) is 3.72. The van der Waals surface area contributed by atoms with Gasteiger partial charge in [-0.1, -0.05) is 49.3 Å². The zero-order valence-electron chi connectivity index (χ0n) is 17.2. The van der Waals surface area contributed by atoms with Gasteiger partial charge in [0.15, 0.2) is 5.82 Å². The number of piperazine rings is 1. The minimum atomic E-state index is 0.283. The summed E-state index contributed by atoms with van der Waals surface area (Å²) in [7, 11) is 0. The molecule has 1 aliphatic rings. The Kier molecular flexibility index (Phi) is 5.18. The third-order valence-electron chi connectivity index (χ3n) is 5.40. The van der Waals surface area contributed by atoms with E-state index in [4.69, 9.17) is 4.52 Å². The molecule has 30 heavy (non-hydrogen) atoms. The second-order valence-electron chi connectivity index (χ2n) is 7.86. The topological polar surface area (TPSA) is 71.2 Å². The van der Waals surface area contributed by atoms with Crippen LogP contribution in [0.5, 0.6) is 0 Å². The van der Waals surface area contributed by atoms with Gasteiger partial charge in [0.05, 0.1) is 11.9 Å². The molecule has 1 saturated heterocycles. The number of rotatable bonds is 5. The standard InChI is InChI=1S/C22H24N6OS/c1-15(2)20-25-19(29-26-20)13-27-8-10-28(11-9-27)21-17-12-18(16-6-4-3-5-7-16)30-22(17)24-14-23-21/h3-7,12,14-15H,8-11,13H2,1-2H3. The van der Waals surface area contributed by atoms with Gasteiger partial charge in [-0.15, -0.1) is 11.3 Å². The van der Waals surface area contributed by atoms with Gasteiger partial charge in [0.1, 0.15) is 17.0 Å². The van der Waals surface area contributed by atoms with Crippen LogP contribution in [-0.2, 0) is 6.54 Å². The number of anilines is 1. The van der Waals surface area contributed by atoms with Gasteiger partial charge in [-0.05, 0) is 11.6 Å². The summed E-state index contributed by atoms with van der Waals surface area (Å²) in [6.07, 6.45) is 1.68.